The number of benzene rings is 1. The third-order valence-electron chi connectivity index (χ3n) is 3.57. The van der Waals surface area contributed by atoms with Gasteiger partial charge in [-0.25, -0.2) is 0 Å². The van der Waals surface area contributed by atoms with Gasteiger partial charge in [-0.3, -0.25) is 4.90 Å². The number of likely N-dealkylation sites (tertiary alicyclic amines) is 1. The van der Waals surface area contributed by atoms with E-state index < -0.39 is 11.7 Å². The van der Waals surface area contributed by atoms with E-state index in [1.807, 2.05) is 0 Å². The third kappa shape index (κ3) is 3.86. The molecule has 0 spiro atoms. The first-order chi connectivity index (χ1) is 9.00. The van der Waals surface area contributed by atoms with Gasteiger partial charge >= 0.3 is 6.18 Å². The molecule has 1 aromatic rings. The lowest BCUT2D eigenvalue weighted by atomic mass is 10.0. The van der Waals surface area contributed by atoms with Crippen LogP contribution >= 0.6 is 11.6 Å². The zero-order chi connectivity index (χ0) is 13.9. The maximum atomic E-state index is 12.7. The van der Waals surface area contributed by atoms with Crippen molar-refractivity contribution in [2.75, 3.05) is 12.4 Å². The molecule has 1 aliphatic heterocycles. The first-order valence-corrected chi connectivity index (χ1v) is 7.00. The van der Waals surface area contributed by atoms with Gasteiger partial charge in [0.05, 0.1) is 5.56 Å². The number of alkyl halides is 4. The van der Waals surface area contributed by atoms with Gasteiger partial charge in [-0.05, 0) is 31.0 Å². The van der Waals surface area contributed by atoms with Crippen molar-refractivity contribution < 1.29 is 13.2 Å². The summed E-state index contributed by atoms with van der Waals surface area (Å²) in [5.41, 5.74) is 0.122. The van der Waals surface area contributed by atoms with Gasteiger partial charge < -0.3 is 0 Å². The van der Waals surface area contributed by atoms with Crippen molar-refractivity contribution in [3.8, 4) is 0 Å². The molecule has 0 bridgehead atoms. The molecule has 1 atom stereocenters. The first kappa shape index (κ1) is 14.7. The molecule has 1 saturated heterocycles. The Balaban J connectivity index is 2.10. The van der Waals surface area contributed by atoms with E-state index >= 15 is 0 Å². The lowest BCUT2D eigenvalue weighted by molar-refractivity contribution is -0.137. The molecule has 0 saturated carbocycles. The number of rotatable bonds is 3. The summed E-state index contributed by atoms with van der Waals surface area (Å²) in [6, 6.07) is 5.84. The van der Waals surface area contributed by atoms with Gasteiger partial charge in [-0.2, -0.15) is 13.2 Å². The highest BCUT2D eigenvalue weighted by Crippen LogP contribution is 2.30. The minimum atomic E-state index is -4.27. The Kier molecular flexibility index (Phi) is 4.74. The Hall–Kier alpha value is -0.740. The molecule has 1 fully saturated rings. The molecule has 1 aliphatic rings. The van der Waals surface area contributed by atoms with E-state index in [-0.39, 0.29) is 6.04 Å². The van der Waals surface area contributed by atoms with E-state index in [1.54, 1.807) is 6.07 Å². The van der Waals surface area contributed by atoms with Gasteiger partial charge in [0.25, 0.3) is 0 Å². The van der Waals surface area contributed by atoms with Gasteiger partial charge in [-0.15, -0.1) is 11.6 Å². The fraction of sp³-hybridized carbons (Fsp3) is 0.571. The number of nitrogens with zero attached hydrogens (tertiary/aromatic N) is 1. The molecule has 0 N–H and O–H groups in total. The fourth-order valence-electron chi connectivity index (χ4n) is 2.52. The van der Waals surface area contributed by atoms with E-state index in [0.29, 0.717) is 18.0 Å². The second kappa shape index (κ2) is 6.14. The second-order valence-corrected chi connectivity index (χ2v) is 5.28. The molecule has 2 rings (SSSR count). The Morgan fingerprint density at radius 3 is 2.74 bits per heavy atom. The molecule has 1 aromatic carbocycles. The summed E-state index contributed by atoms with van der Waals surface area (Å²) in [6.07, 6.45) is -1.00. The predicted molar refractivity (Wildman–Crippen MR) is 70.2 cm³/mol. The summed E-state index contributed by atoms with van der Waals surface area (Å²) in [5.74, 6) is 0.541. The Morgan fingerprint density at radius 2 is 2.05 bits per heavy atom. The monoisotopic (exact) mass is 291 g/mol. The smallest absolute Gasteiger partial charge is 0.295 e. The van der Waals surface area contributed by atoms with E-state index in [9.17, 15) is 13.2 Å². The van der Waals surface area contributed by atoms with E-state index in [1.165, 1.54) is 12.1 Å². The van der Waals surface area contributed by atoms with Gasteiger partial charge in [0, 0.05) is 18.5 Å². The molecular weight excluding hydrogens is 275 g/mol. The topological polar surface area (TPSA) is 3.24 Å². The standard InChI is InChI=1S/C14H17ClF3N/c15-9-13-6-1-2-7-19(13)10-11-4-3-5-12(8-11)14(16,17)18/h3-5,8,13H,1-2,6-7,9-10H2. The first-order valence-electron chi connectivity index (χ1n) is 6.47. The van der Waals surface area contributed by atoms with Gasteiger partial charge in [0.15, 0.2) is 0 Å². The van der Waals surface area contributed by atoms with Crippen molar-refractivity contribution >= 4 is 11.6 Å². The Morgan fingerprint density at radius 1 is 1.26 bits per heavy atom. The van der Waals surface area contributed by atoms with Crippen LogP contribution in [0.3, 0.4) is 0 Å². The zero-order valence-electron chi connectivity index (χ0n) is 10.6. The van der Waals surface area contributed by atoms with Crippen LogP contribution in [0.15, 0.2) is 24.3 Å². The fourth-order valence-corrected chi connectivity index (χ4v) is 2.87. The molecule has 106 valence electrons. The highest BCUT2D eigenvalue weighted by Gasteiger charge is 2.30. The van der Waals surface area contributed by atoms with E-state index in [4.69, 9.17) is 11.6 Å². The molecule has 0 amide bonds. The van der Waals surface area contributed by atoms with Crippen LogP contribution in [0.1, 0.15) is 30.4 Å². The van der Waals surface area contributed by atoms with E-state index in [0.717, 1.165) is 31.9 Å². The van der Waals surface area contributed by atoms with Crippen molar-refractivity contribution in [1.29, 1.82) is 0 Å². The molecule has 19 heavy (non-hydrogen) atoms. The molecule has 1 heterocycles. The minimum Gasteiger partial charge on any atom is -0.295 e. The molecule has 1 nitrogen and oxygen atoms in total. The maximum absolute atomic E-state index is 12.7. The molecule has 0 aromatic heterocycles. The van der Waals surface area contributed by atoms with Crippen LogP contribution in [0.2, 0.25) is 0 Å². The normalized spacial score (nSPS) is 21.6. The van der Waals surface area contributed by atoms with Crippen molar-refractivity contribution in [3.63, 3.8) is 0 Å². The summed E-state index contributed by atoms with van der Waals surface area (Å²) < 4.78 is 38.0. The Bertz CT molecular complexity index is 419. The van der Waals surface area contributed by atoms with Crippen LogP contribution in [0, 0.1) is 0 Å². The van der Waals surface area contributed by atoms with Crippen LogP contribution in [-0.4, -0.2) is 23.4 Å². The van der Waals surface area contributed by atoms with Crippen LogP contribution in [0.25, 0.3) is 0 Å². The van der Waals surface area contributed by atoms with Crippen LogP contribution in [0.4, 0.5) is 13.2 Å². The lowest BCUT2D eigenvalue weighted by Gasteiger charge is -2.34. The summed E-state index contributed by atoms with van der Waals surface area (Å²) in [7, 11) is 0. The highest BCUT2D eigenvalue weighted by atomic mass is 35.5. The molecule has 0 aliphatic carbocycles. The Labute approximate surface area is 116 Å². The van der Waals surface area contributed by atoms with Crippen LogP contribution in [-0.2, 0) is 12.7 Å². The average molecular weight is 292 g/mol. The van der Waals surface area contributed by atoms with Crippen molar-refractivity contribution in [3.05, 3.63) is 35.4 Å². The summed E-state index contributed by atoms with van der Waals surface area (Å²) in [6.45, 7) is 1.45. The number of hydrogen-bond acceptors (Lipinski definition) is 1. The molecular formula is C14H17ClF3N. The zero-order valence-corrected chi connectivity index (χ0v) is 11.3. The van der Waals surface area contributed by atoms with Gasteiger partial charge in [0.2, 0.25) is 0 Å². The quantitative estimate of drug-likeness (QED) is 0.751. The predicted octanol–water partition coefficient (Wildman–Crippen LogP) is 4.30. The van der Waals surface area contributed by atoms with Crippen molar-refractivity contribution in [1.82, 2.24) is 4.90 Å². The second-order valence-electron chi connectivity index (χ2n) is 4.97. The number of halogens is 4. The summed E-state index contributed by atoms with van der Waals surface area (Å²) in [5, 5.41) is 0. The van der Waals surface area contributed by atoms with Crippen LogP contribution in [0.5, 0.6) is 0 Å². The average Bonchev–Trinajstić information content (AvgIpc) is 2.39. The van der Waals surface area contributed by atoms with Crippen LogP contribution < -0.4 is 0 Å². The summed E-state index contributed by atoms with van der Waals surface area (Å²) in [4.78, 5) is 2.19. The minimum absolute atomic E-state index is 0.282. The molecule has 5 heteroatoms. The summed E-state index contributed by atoms with van der Waals surface area (Å²) >= 11 is 5.92. The van der Waals surface area contributed by atoms with Crippen molar-refractivity contribution in [2.45, 2.75) is 38.0 Å². The highest BCUT2D eigenvalue weighted by molar-refractivity contribution is 6.18. The largest absolute Gasteiger partial charge is 0.416 e. The van der Waals surface area contributed by atoms with Crippen molar-refractivity contribution in [2.24, 2.45) is 0 Å². The molecule has 0 radical (unpaired) electrons. The molecule has 1 unspecified atom stereocenters. The number of piperidine rings is 1. The number of hydrogen-bond donors (Lipinski definition) is 0. The lowest BCUT2D eigenvalue weighted by Crippen LogP contribution is -2.40. The maximum Gasteiger partial charge on any atom is 0.416 e. The van der Waals surface area contributed by atoms with Gasteiger partial charge in [0.1, 0.15) is 0 Å². The van der Waals surface area contributed by atoms with E-state index in [2.05, 4.69) is 4.90 Å². The van der Waals surface area contributed by atoms with Gasteiger partial charge in [-0.1, -0.05) is 24.6 Å². The third-order valence-corrected chi connectivity index (χ3v) is 3.92. The SMILES string of the molecule is FC(F)(F)c1cccc(CN2CCCCC2CCl)c1.